The maximum atomic E-state index is 10.2. The lowest BCUT2D eigenvalue weighted by molar-refractivity contribution is 0.478. The number of phenols is 1. The van der Waals surface area contributed by atoms with Crippen LogP contribution < -0.4 is 0 Å². The third-order valence-corrected chi connectivity index (χ3v) is 5.09. The Hall–Kier alpha value is -0.0400. The van der Waals surface area contributed by atoms with Crippen molar-refractivity contribution in [2.75, 3.05) is 0 Å². The van der Waals surface area contributed by atoms with Gasteiger partial charge in [-0.1, -0.05) is 15.9 Å². The second-order valence-corrected chi connectivity index (χ2v) is 7.35. The van der Waals surface area contributed by atoms with Gasteiger partial charge in [-0.2, -0.15) is 0 Å². The zero-order valence-electron chi connectivity index (χ0n) is 8.69. The molecule has 0 amide bonds. The molecule has 2 N–H and O–H groups in total. The summed E-state index contributed by atoms with van der Waals surface area (Å²) in [7, 11) is 0. The molecule has 0 radical (unpaired) electrons. The fourth-order valence-corrected chi connectivity index (χ4v) is 4.60. The van der Waals surface area contributed by atoms with Gasteiger partial charge in [-0.05, 0) is 66.0 Å². The van der Waals surface area contributed by atoms with Crippen LogP contribution in [0.5, 0.6) is 5.75 Å². The SMILES string of the molecule is Oc1c(Br)cc(Br)c2[nH]c3c(Br)cc(Br)cc3c12. The number of hydrogen-bond donors (Lipinski definition) is 2. The Morgan fingerprint density at radius 1 is 0.833 bits per heavy atom. The average molecular weight is 499 g/mol. The summed E-state index contributed by atoms with van der Waals surface area (Å²) in [5.74, 6) is 0.240. The predicted molar refractivity (Wildman–Crippen MR) is 88.3 cm³/mol. The first-order valence-electron chi connectivity index (χ1n) is 4.96. The third kappa shape index (κ3) is 1.85. The maximum Gasteiger partial charge on any atom is 0.139 e. The fraction of sp³-hybridized carbons (Fsp3) is 0. The van der Waals surface area contributed by atoms with E-state index in [1.807, 2.05) is 18.2 Å². The third-order valence-electron chi connectivity index (χ3n) is 2.78. The monoisotopic (exact) mass is 495 g/mol. The molecule has 0 spiro atoms. The highest BCUT2D eigenvalue weighted by Crippen LogP contribution is 2.43. The van der Waals surface area contributed by atoms with Gasteiger partial charge in [-0.25, -0.2) is 0 Å². The van der Waals surface area contributed by atoms with Gasteiger partial charge in [-0.15, -0.1) is 0 Å². The Kier molecular flexibility index (Phi) is 3.25. The van der Waals surface area contributed by atoms with Crippen molar-refractivity contribution in [2.24, 2.45) is 0 Å². The number of benzene rings is 2. The largest absolute Gasteiger partial charge is 0.506 e. The van der Waals surface area contributed by atoms with Crippen molar-refractivity contribution >= 4 is 85.5 Å². The zero-order valence-corrected chi connectivity index (χ0v) is 15.0. The molecule has 0 atom stereocenters. The first kappa shape index (κ1) is 13.0. The first-order chi connectivity index (χ1) is 8.49. The van der Waals surface area contributed by atoms with E-state index in [9.17, 15) is 5.11 Å². The molecule has 3 rings (SSSR count). The fourth-order valence-electron chi connectivity index (χ4n) is 2.02. The van der Waals surface area contributed by atoms with E-state index < -0.39 is 0 Å². The quantitative estimate of drug-likeness (QED) is 0.387. The summed E-state index contributed by atoms with van der Waals surface area (Å²) >= 11 is 13.9. The van der Waals surface area contributed by atoms with E-state index in [1.165, 1.54) is 0 Å². The van der Waals surface area contributed by atoms with Gasteiger partial charge >= 0.3 is 0 Å². The molecule has 0 saturated carbocycles. The zero-order chi connectivity index (χ0) is 13.0. The number of rotatable bonds is 0. The lowest BCUT2D eigenvalue weighted by Crippen LogP contribution is -1.75. The van der Waals surface area contributed by atoms with Crippen molar-refractivity contribution < 1.29 is 5.11 Å². The molecule has 92 valence electrons. The molecule has 2 nitrogen and oxygen atoms in total. The number of aromatic amines is 1. The molecule has 0 bridgehead atoms. The van der Waals surface area contributed by atoms with E-state index in [0.717, 1.165) is 35.2 Å². The van der Waals surface area contributed by atoms with Crippen molar-refractivity contribution in [3.8, 4) is 5.75 Å². The van der Waals surface area contributed by atoms with Crippen LogP contribution in [0.2, 0.25) is 0 Å². The van der Waals surface area contributed by atoms with Gasteiger partial charge in [0.25, 0.3) is 0 Å². The first-order valence-corrected chi connectivity index (χ1v) is 8.13. The Bertz CT molecular complexity index is 794. The smallest absolute Gasteiger partial charge is 0.139 e. The average Bonchev–Trinajstić information content (AvgIpc) is 2.66. The highest BCUT2D eigenvalue weighted by molar-refractivity contribution is 9.11. The van der Waals surface area contributed by atoms with Crippen LogP contribution in [0.1, 0.15) is 0 Å². The van der Waals surface area contributed by atoms with Gasteiger partial charge in [0.15, 0.2) is 0 Å². The van der Waals surface area contributed by atoms with Crippen LogP contribution in [-0.4, -0.2) is 10.1 Å². The molecule has 0 unspecified atom stereocenters. The number of H-pyrrole nitrogens is 1. The second kappa shape index (κ2) is 4.51. The lowest BCUT2D eigenvalue weighted by Gasteiger charge is -2.02. The van der Waals surface area contributed by atoms with Gasteiger partial charge in [-0.3, -0.25) is 0 Å². The van der Waals surface area contributed by atoms with Crippen molar-refractivity contribution in [2.45, 2.75) is 0 Å². The van der Waals surface area contributed by atoms with Crippen molar-refractivity contribution in [3.63, 3.8) is 0 Å². The summed E-state index contributed by atoms with van der Waals surface area (Å²) in [6, 6.07) is 5.78. The number of nitrogens with one attached hydrogen (secondary N) is 1. The van der Waals surface area contributed by atoms with Crippen LogP contribution in [0.25, 0.3) is 21.8 Å². The molecule has 0 aliphatic heterocycles. The lowest BCUT2D eigenvalue weighted by atomic mass is 10.1. The number of hydrogen-bond acceptors (Lipinski definition) is 1. The normalized spacial score (nSPS) is 11.6. The van der Waals surface area contributed by atoms with Crippen molar-refractivity contribution in [3.05, 3.63) is 36.1 Å². The Morgan fingerprint density at radius 3 is 2.22 bits per heavy atom. The van der Waals surface area contributed by atoms with E-state index in [0.29, 0.717) is 4.47 Å². The number of aromatic hydroxyl groups is 1. The molecule has 18 heavy (non-hydrogen) atoms. The highest BCUT2D eigenvalue weighted by atomic mass is 79.9. The molecule has 6 heteroatoms. The number of halogens is 4. The van der Waals surface area contributed by atoms with Crippen molar-refractivity contribution in [1.29, 1.82) is 0 Å². The molecule has 3 aromatic rings. The second-order valence-electron chi connectivity index (χ2n) is 3.87. The van der Waals surface area contributed by atoms with Crippen LogP contribution in [0.15, 0.2) is 36.1 Å². The summed E-state index contributed by atoms with van der Waals surface area (Å²) < 4.78 is 3.48. The minimum atomic E-state index is 0.240. The summed E-state index contributed by atoms with van der Waals surface area (Å²) in [5, 5.41) is 12.0. The van der Waals surface area contributed by atoms with Gasteiger partial charge in [0.05, 0.1) is 20.9 Å². The molecule has 0 saturated heterocycles. The van der Waals surface area contributed by atoms with E-state index in [-0.39, 0.29) is 5.75 Å². The van der Waals surface area contributed by atoms with E-state index in [4.69, 9.17) is 0 Å². The van der Waals surface area contributed by atoms with Gasteiger partial charge in [0, 0.05) is 18.8 Å². The van der Waals surface area contributed by atoms with Crippen LogP contribution in [-0.2, 0) is 0 Å². The van der Waals surface area contributed by atoms with Gasteiger partial charge in [0.1, 0.15) is 5.75 Å². The summed E-state index contributed by atoms with van der Waals surface area (Å²) in [5.41, 5.74) is 1.84. The molecule has 2 aromatic carbocycles. The molecule has 0 aliphatic carbocycles. The van der Waals surface area contributed by atoms with Gasteiger partial charge in [0.2, 0.25) is 0 Å². The molecule has 0 fully saturated rings. The van der Waals surface area contributed by atoms with E-state index in [1.54, 1.807) is 0 Å². The Labute approximate surface area is 136 Å². The molecule has 1 heterocycles. The minimum absolute atomic E-state index is 0.240. The minimum Gasteiger partial charge on any atom is -0.506 e. The number of phenolic OH excluding ortho intramolecular Hbond substituents is 1. The molecule has 0 aliphatic rings. The van der Waals surface area contributed by atoms with E-state index in [2.05, 4.69) is 68.7 Å². The summed E-state index contributed by atoms with van der Waals surface area (Å²) in [6.07, 6.45) is 0. The summed E-state index contributed by atoms with van der Waals surface area (Å²) in [6.45, 7) is 0. The summed E-state index contributed by atoms with van der Waals surface area (Å²) in [4.78, 5) is 3.31. The Morgan fingerprint density at radius 2 is 1.50 bits per heavy atom. The maximum absolute atomic E-state index is 10.2. The van der Waals surface area contributed by atoms with Crippen molar-refractivity contribution in [1.82, 2.24) is 4.98 Å². The van der Waals surface area contributed by atoms with Crippen LogP contribution in [0.4, 0.5) is 0 Å². The molecular formula is C12H5Br4NO. The van der Waals surface area contributed by atoms with Crippen LogP contribution >= 0.6 is 63.7 Å². The Balaban J connectivity index is 2.65. The predicted octanol–water partition coefficient (Wildman–Crippen LogP) is 6.08. The highest BCUT2D eigenvalue weighted by Gasteiger charge is 2.16. The standard InChI is InChI=1S/C12H5Br4NO/c13-4-1-5-9-11(17-10(5)6(14)2-4)7(15)3-8(16)12(9)18/h1-3,17-18H. The topological polar surface area (TPSA) is 36.0 Å². The van der Waals surface area contributed by atoms with Gasteiger partial charge < -0.3 is 10.1 Å². The number of fused-ring (bicyclic) bond motifs is 3. The molecular weight excluding hydrogens is 494 g/mol. The molecule has 1 aromatic heterocycles. The number of aromatic nitrogens is 1. The van der Waals surface area contributed by atoms with E-state index >= 15 is 0 Å². The van der Waals surface area contributed by atoms with Crippen LogP contribution in [0, 0.1) is 0 Å². The van der Waals surface area contributed by atoms with Crippen LogP contribution in [0.3, 0.4) is 0 Å².